The summed E-state index contributed by atoms with van der Waals surface area (Å²) in [6.07, 6.45) is 1.34. The smallest absolute Gasteiger partial charge is 0.251 e. The van der Waals surface area contributed by atoms with E-state index in [-0.39, 0.29) is 30.2 Å². The Balaban J connectivity index is 1.10. The molecule has 0 spiro atoms. The van der Waals surface area contributed by atoms with Gasteiger partial charge in [0.25, 0.3) is 5.91 Å². The quantitative estimate of drug-likeness (QED) is 0.412. The highest BCUT2D eigenvalue weighted by atomic mass is 16.6. The van der Waals surface area contributed by atoms with Crippen LogP contribution in [-0.2, 0) is 9.47 Å². The number of amides is 1. The highest BCUT2D eigenvalue weighted by molar-refractivity contribution is 5.94. The average molecular weight is 493 g/mol. The predicted octanol–water partition coefficient (Wildman–Crippen LogP) is 4.50. The van der Waals surface area contributed by atoms with Crippen molar-refractivity contribution in [2.24, 2.45) is 0 Å². The number of nitrogens with zero attached hydrogens (tertiary/aromatic N) is 2. The van der Waals surface area contributed by atoms with Gasteiger partial charge in [-0.1, -0.05) is 72.3 Å². The lowest BCUT2D eigenvalue weighted by Gasteiger charge is -2.18. The van der Waals surface area contributed by atoms with Crippen LogP contribution in [0.2, 0.25) is 0 Å². The maximum absolute atomic E-state index is 12.7. The fourth-order valence-corrected chi connectivity index (χ4v) is 4.92. The standard InChI is InChI=1S/C30H28N4O3/c1-19-7-9-23(10-8-19)29(35)32-25-17-36-28-26(18-37-27(25)28)34-30-31-16-15-24(33-30)22-13-11-21(12-14-22)20-5-3-2-4-6-20/h2-16,25-28H,17-18H2,1H3,(H,32,35)(H,31,33,34)/t25-,26-,27+,28+/m0/s1. The van der Waals surface area contributed by atoms with Crippen LogP contribution < -0.4 is 10.6 Å². The maximum atomic E-state index is 12.7. The van der Waals surface area contributed by atoms with E-state index >= 15 is 0 Å². The summed E-state index contributed by atoms with van der Waals surface area (Å²) in [5.74, 6) is 0.401. The van der Waals surface area contributed by atoms with Gasteiger partial charge in [-0.3, -0.25) is 4.79 Å². The van der Waals surface area contributed by atoms with E-state index in [4.69, 9.17) is 14.5 Å². The maximum Gasteiger partial charge on any atom is 0.251 e. The summed E-state index contributed by atoms with van der Waals surface area (Å²) in [6, 6.07) is 27.8. The molecule has 1 amide bonds. The largest absolute Gasteiger partial charge is 0.371 e. The molecule has 4 aromatic rings. The number of hydrogen-bond acceptors (Lipinski definition) is 6. The minimum Gasteiger partial charge on any atom is -0.371 e. The van der Waals surface area contributed by atoms with E-state index < -0.39 is 0 Å². The lowest BCUT2D eigenvalue weighted by molar-refractivity contribution is 0.0652. The van der Waals surface area contributed by atoms with Gasteiger partial charge in [-0.2, -0.15) is 0 Å². The fraction of sp³-hybridized carbons (Fsp3) is 0.233. The SMILES string of the molecule is Cc1ccc(C(=O)N[C@H]2CO[C@H]3[C@@H]2OC[C@@H]3Nc2nccc(-c3ccc(-c4ccccc4)cc3)n2)cc1. The zero-order chi connectivity index (χ0) is 25.2. The third kappa shape index (κ3) is 4.96. The first-order valence-electron chi connectivity index (χ1n) is 12.5. The molecule has 2 aliphatic rings. The van der Waals surface area contributed by atoms with Crippen molar-refractivity contribution in [3.05, 3.63) is 102 Å². The highest BCUT2D eigenvalue weighted by Gasteiger charge is 2.48. The van der Waals surface area contributed by atoms with Crippen molar-refractivity contribution in [1.29, 1.82) is 0 Å². The van der Waals surface area contributed by atoms with Crippen LogP contribution in [0.5, 0.6) is 0 Å². The van der Waals surface area contributed by atoms with Crippen molar-refractivity contribution in [1.82, 2.24) is 15.3 Å². The number of carbonyl (C=O) groups is 1. The second kappa shape index (κ2) is 10.1. The van der Waals surface area contributed by atoms with E-state index in [1.165, 1.54) is 5.56 Å². The van der Waals surface area contributed by atoms with E-state index in [0.717, 1.165) is 22.4 Å². The molecule has 0 aliphatic carbocycles. The van der Waals surface area contributed by atoms with Gasteiger partial charge in [0.1, 0.15) is 12.2 Å². The van der Waals surface area contributed by atoms with Crippen LogP contribution in [0.15, 0.2) is 91.1 Å². The van der Waals surface area contributed by atoms with Crippen molar-refractivity contribution >= 4 is 11.9 Å². The number of aryl methyl sites for hydroxylation is 1. The molecule has 4 atom stereocenters. The monoisotopic (exact) mass is 492 g/mol. The Morgan fingerprint density at radius 2 is 1.43 bits per heavy atom. The number of aromatic nitrogens is 2. The molecule has 3 heterocycles. The van der Waals surface area contributed by atoms with Gasteiger partial charge in [0.2, 0.25) is 5.95 Å². The predicted molar refractivity (Wildman–Crippen MR) is 142 cm³/mol. The molecular weight excluding hydrogens is 464 g/mol. The van der Waals surface area contributed by atoms with Crippen LogP contribution in [0.4, 0.5) is 5.95 Å². The minimum atomic E-state index is -0.222. The number of ether oxygens (including phenoxy) is 2. The van der Waals surface area contributed by atoms with Crippen LogP contribution >= 0.6 is 0 Å². The Morgan fingerprint density at radius 1 is 0.784 bits per heavy atom. The first kappa shape index (κ1) is 23.3. The van der Waals surface area contributed by atoms with Crippen molar-refractivity contribution in [2.75, 3.05) is 18.5 Å². The fourth-order valence-electron chi connectivity index (χ4n) is 4.92. The summed E-state index contributed by atoms with van der Waals surface area (Å²) >= 11 is 0. The zero-order valence-corrected chi connectivity index (χ0v) is 20.5. The van der Waals surface area contributed by atoms with Crippen molar-refractivity contribution in [2.45, 2.75) is 31.2 Å². The van der Waals surface area contributed by atoms with Gasteiger partial charge in [-0.15, -0.1) is 0 Å². The zero-order valence-electron chi connectivity index (χ0n) is 20.5. The number of fused-ring (bicyclic) bond motifs is 1. The third-order valence-corrected chi connectivity index (χ3v) is 6.94. The Bertz CT molecular complexity index is 1380. The van der Waals surface area contributed by atoms with Gasteiger partial charge in [0, 0.05) is 17.3 Å². The molecule has 3 aromatic carbocycles. The Kier molecular flexibility index (Phi) is 6.39. The molecule has 0 saturated carbocycles. The summed E-state index contributed by atoms with van der Waals surface area (Å²) in [7, 11) is 0. The van der Waals surface area contributed by atoms with E-state index in [1.54, 1.807) is 6.20 Å². The van der Waals surface area contributed by atoms with Gasteiger partial charge < -0.3 is 20.1 Å². The molecule has 7 nitrogen and oxygen atoms in total. The number of rotatable bonds is 6. The lowest BCUT2D eigenvalue weighted by atomic mass is 10.0. The number of benzene rings is 3. The molecule has 0 radical (unpaired) electrons. The van der Waals surface area contributed by atoms with E-state index in [2.05, 4.69) is 52.0 Å². The summed E-state index contributed by atoms with van der Waals surface area (Å²) in [5.41, 5.74) is 5.94. The highest BCUT2D eigenvalue weighted by Crippen LogP contribution is 2.29. The van der Waals surface area contributed by atoms with Crippen LogP contribution in [-0.4, -0.2) is 53.4 Å². The minimum absolute atomic E-state index is 0.109. The lowest BCUT2D eigenvalue weighted by Crippen LogP contribution is -2.44. The topological polar surface area (TPSA) is 85.4 Å². The van der Waals surface area contributed by atoms with Gasteiger partial charge >= 0.3 is 0 Å². The summed E-state index contributed by atoms with van der Waals surface area (Å²) in [6.45, 7) is 2.85. The van der Waals surface area contributed by atoms with Gasteiger partial charge in [0.05, 0.1) is 31.0 Å². The first-order valence-corrected chi connectivity index (χ1v) is 12.5. The number of nitrogens with one attached hydrogen (secondary N) is 2. The van der Waals surface area contributed by atoms with Crippen LogP contribution in [0, 0.1) is 6.92 Å². The van der Waals surface area contributed by atoms with Crippen molar-refractivity contribution in [3.8, 4) is 22.4 Å². The summed E-state index contributed by atoms with van der Waals surface area (Å²) in [4.78, 5) is 21.8. The third-order valence-electron chi connectivity index (χ3n) is 6.94. The number of carbonyl (C=O) groups excluding carboxylic acids is 1. The molecule has 6 rings (SSSR count). The number of hydrogen-bond donors (Lipinski definition) is 2. The van der Waals surface area contributed by atoms with Crippen molar-refractivity contribution < 1.29 is 14.3 Å². The van der Waals surface area contributed by atoms with E-state index in [0.29, 0.717) is 24.7 Å². The van der Waals surface area contributed by atoms with Crippen LogP contribution in [0.3, 0.4) is 0 Å². The van der Waals surface area contributed by atoms with Gasteiger partial charge in [-0.25, -0.2) is 9.97 Å². The van der Waals surface area contributed by atoms with Gasteiger partial charge in [-0.05, 0) is 36.2 Å². The second-order valence-electron chi connectivity index (χ2n) is 9.50. The van der Waals surface area contributed by atoms with E-state index in [1.807, 2.05) is 55.5 Å². The molecule has 0 bridgehead atoms. The molecule has 7 heteroatoms. The van der Waals surface area contributed by atoms with Crippen LogP contribution in [0.1, 0.15) is 15.9 Å². The van der Waals surface area contributed by atoms with Gasteiger partial charge in [0.15, 0.2) is 0 Å². The molecular formula is C30H28N4O3. The Hall–Kier alpha value is -4.07. The molecule has 2 fully saturated rings. The molecule has 0 unspecified atom stereocenters. The first-order chi connectivity index (χ1) is 18.1. The van der Waals surface area contributed by atoms with E-state index in [9.17, 15) is 4.79 Å². The Morgan fingerprint density at radius 3 is 2.19 bits per heavy atom. The molecule has 186 valence electrons. The average Bonchev–Trinajstić information content (AvgIpc) is 3.53. The molecule has 2 N–H and O–H groups in total. The normalized spacial score (nSPS) is 22.4. The molecule has 1 aromatic heterocycles. The van der Waals surface area contributed by atoms with Crippen molar-refractivity contribution in [3.63, 3.8) is 0 Å². The molecule has 2 saturated heterocycles. The summed E-state index contributed by atoms with van der Waals surface area (Å²) < 4.78 is 12.1. The molecule has 2 aliphatic heterocycles. The molecule has 37 heavy (non-hydrogen) atoms. The summed E-state index contributed by atoms with van der Waals surface area (Å²) in [5, 5.41) is 6.46. The Labute approximate surface area is 215 Å². The van der Waals surface area contributed by atoms with Crippen LogP contribution in [0.25, 0.3) is 22.4 Å². The number of anilines is 1. The second-order valence-corrected chi connectivity index (χ2v) is 9.50.